The van der Waals surface area contributed by atoms with Gasteiger partial charge in [0.15, 0.2) is 0 Å². The van der Waals surface area contributed by atoms with Gasteiger partial charge in [-0.15, -0.1) is 0 Å². The number of benzene rings is 2. The molecule has 2 atom stereocenters. The lowest BCUT2D eigenvalue weighted by molar-refractivity contribution is -0.0865. The van der Waals surface area contributed by atoms with Crippen LogP contribution in [-0.2, 0) is 17.8 Å². The predicted octanol–water partition coefficient (Wildman–Crippen LogP) is 4.89. The average Bonchev–Trinajstić information content (AvgIpc) is 3.07. The van der Waals surface area contributed by atoms with E-state index in [0.29, 0.717) is 12.2 Å². The Kier molecular flexibility index (Phi) is 5.57. The average molecular weight is 406 g/mol. The Morgan fingerprint density at radius 1 is 0.900 bits per heavy atom. The third-order valence-electron chi connectivity index (χ3n) is 7.08. The summed E-state index contributed by atoms with van der Waals surface area (Å²) < 4.78 is 8.36. The highest BCUT2D eigenvalue weighted by atomic mass is 16.5. The van der Waals surface area contributed by atoms with E-state index < -0.39 is 0 Å². The fourth-order valence-corrected chi connectivity index (χ4v) is 5.76. The molecule has 0 saturated carbocycles. The third-order valence-corrected chi connectivity index (χ3v) is 7.08. The molecule has 2 aliphatic heterocycles. The van der Waals surface area contributed by atoms with Crippen molar-refractivity contribution in [2.75, 3.05) is 26.2 Å². The van der Waals surface area contributed by atoms with E-state index in [2.05, 4.69) is 77.6 Å². The largest absolute Gasteiger partial charge is 0.373 e. The number of fused-ring (bicyclic) bond motifs is 3. The van der Waals surface area contributed by atoms with E-state index >= 15 is 0 Å². The summed E-state index contributed by atoms with van der Waals surface area (Å²) >= 11 is 0. The number of morpholine rings is 1. The molecule has 2 aliphatic rings. The van der Waals surface area contributed by atoms with Crippen molar-refractivity contribution in [3.05, 3.63) is 48.0 Å². The minimum Gasteiger partial charge on any atom is -0.373 e. The van der Waals surface area contributed by atoms with Gasteiger partial charge in [-0.1, -0.05) is 24.3 Å². The highest BCUT2D eigenvalue weighted by Crippen LogP contribution is 2.30. The van der Waals surface area contributed by atoms with Crippen LogP contribution in [0.1, 0.15) is 39.2 Å². The number of hydrogen-bond acceptors (Lipinski definition) is 3. The summed E-state index contributed by atoms with van der Waals surface area (Å²) in [7, 11) is 0. The van der Waals surface area contributed by atoms with Crippen LogP contribution in [0.15, 0.2) is 42.5 Å². The van der Waals surface area contributed by atoms with Gasteiger partial charge in [-0.25, -0.2) is 0 Å². The molecule has 3 heterocycles. The van der Waals surface area contributed by atoms with Crippen molar-refractivity contribution in [2.24, 2.45) is 0 Å². The molecule has 0 amide bonds. The van der Waals surface area contributed by atoms with Crippen molar-refractivity contribution in [1.29, 1.82) is 0 Å². The van der Waals surface area contributed by atoms with Gasteiger partial charge in [-0.2, -0.15) is 0 Å². The van der Waals surface area contributed by atoms with Crippen LogP contribution in [0.4, 0.5) is 0 Å². The molecular formula is C26H35N3O. The number of ether oxygens (including phenoxy) is 1. The van der Waals surface area contributed by atoms with E-state index in [1.807, 2.05) is 0 Å². The number of piperidine rings is 1. The van der Waals surface area contributed by atoms with Crippen LogP contribution in [0.2, 0.25) is 0 Å². The highest BCUT2D eigenvalue weighted by molar-refractivity contribution is 6.08. The van der Waals surface area contributed by atoms with Crippen LogP contribution in [0.3, 0.4) is 0 Å². The lowest BCUT2D eigenvalue weighted by Crippen LogP contribution is -2.53. The fraction of sp³-hybridized carbons (Fsp3) is 0.538. The number of rotatable bonds is 4. The zero-order valence-corrected chi connectivity index (χ0v) is 18.7. The first-order chi connectivity index (χ1) is 14.6. The highest BCUT2D eigenvalue weighted by Gasteiger charge is 2.30. The van der Waals surface area contributed by atoms with Crippen molar-refractivity contribution in [1.82, 2.24) is 14.4 Å². The van der Waals surface area contributed by atoms with E-state index in [4.69, 9.17) is 4.74 Å². The fourth-order valence-electron chi connectivity index (χ4n) is 5.76. The van der Waals surface area contributed by atoms with Gasteiger partial charge < -0.3 is 9.30 Å². The van der Waals surface area contributed by atoms with Crippen molar-refractivity contribution in [3.63, 3.8) is 0 Å². The first kappa shape index (κ1) is 20.0. The Morgan fingerprint density at radius 2 is 1.60 bits per heavy atom. The number of aryl methyl sites for hydroxylation is 1. The van der Waals surface area contributed by atoms with Gasteiger partial charge in [0.25, 0.3) is 0 Å². The summed E-state index contributed by atoms with van der Waals surface area (Å²) in [5, 5.41) is 2.78. The van der Waals surface area contributed by atoms with Gasteiger partial charge in [0.1, 0.15) is 0 Å². The Hall–Kier alpha value is -1.88. The molecular weight excluding hydrogens is 370 g/mol. The number of aromatic nitrogens is 1. The van der Waals surface area contributed by atoms with Crippen LogP contribution in [-0.4, -0.2) is 58.8 Å². The maximum Gasteiger partial charge on any atom is 0.0678 e. The molecule has 2 fully saturated rings. The Morgan fingerprint density at radius 3 is 2.33 bits per heavy atom. The second-order valence-electron chi connectivity index (χ2n) is 9.33. The monoisotopic (exact) mass is 405 g/mol. The molecule has 30 heavy (non-hydrogen) atoms. The SMILES string of the molecule is CCn1c2ccccc2c2cc(CN3CCC(N4CC(C)OC(C)C4)CC3)ccc21. The van der Waals surface area contributed by atoms with Gasteiger partial charge in [-0.05, 0) is 70.5 Å². The number of para-hydroxylation sites is 1. The van der Waals surface area contributed by atoms with E-state index in [1.165, 1.54) is 53.3 Å². The topological polar surface area (TPSA) is 20.6 Å². The van der Waals surface area contributed by atoms with Gasteiger partial charge in [0.05, 0.1) is 12.2 Å². The van der Waals surface area contributed by atoms with Crippen molar-refractivity contribution < 1.29 is 4.74 Å². The Balaban J connectivity index is 1.28. The molecule has 0 spiro atoms. The third kappa shape index (κ3) is 3.77. The van der Waals surface area contributed by atoms with Crippen LogP contribution in [0.5, 0.6) is 0 Å². The molecule has 5 rings (SSSR count). The molecule has 2 aromatic carbocycles. The van der Waals surface area contributed by atoms with Crippen molar-refractivity contribution in [2.45, 2.75) is 65.0 Å². The molecule has 3 aromatic rings. The second kappa shape index (κ2) is 8.33. The van der Waals surface area contributed by atoms with Crippen molar-refractivity contribution >= 4 is 21.8 Å². The summed E-state index contributed by atoms with van der Waals surface area (Å²) in [6.07, 6.45) is 3.28. The van der Waals surface area contributed by atoms with E-state index in [1.54, 1.807) is 0 Å². The lowest BCUT2D eigenvalue weighted by atomic mass is 10.0. The molecule has 0 aliphatic carbocycles. The normalized spacial score (nSPS) is 24.8. The van der Waals surface area contributed by atoms with Gasteiger partial charge >= 0.3 is 0 Å². The summed E-state index contributed by atoms with van der Waals surface area (Å²) in [6.45, 7) is 13.3. The Labute approximate surface area is 180 Å². The molecule has 0 N–H and O–H groups in total. The van der Waals surface area contributed by atoms with Crippen LogP contribution >= 0.6 is 0 Å². The number of hydrogen-bond donors (Lipinski definition) is 0. The molecule has 1 aromatic heterocycles. The maximum absolute atomic E-state index is 5.93. The lowest BCUT2D eigenvalue weighted by Gasteiger charge is -2.43. The van der Waals surface area contributed by atoms with Crippen LogP contribution in [0, 0.1) is 0 Å². The summed E-state index contributed by atoms with van der Waals surface area (Å²) in [4.78, 5) is 5.33. The molecule has 2 saturated heterocycles. The molecule has 160 valence electrons. The number of nitrogens with zero attached hydrogens (tertiary/aromatic N) is 3. The summed E-state index contributed by atoms with van der Waals surface area (Å²) in [6, 6.07) is 16.6. The molecule has 0 radical (unpaired) electrons. The van der Waals surface area contributed by atoms with Crippen molar-refractivity contribution in [3.8, 4) is 0 Å². The van der Waals surface area contributed by atoms with E-state index in [-0.39, 0.29) is 0 Å². The molecule has 2 unspecified atom stereocenters. The first-order valence-electron chi connectivity index (χ1n) is 11.7. The zero-order chi connectivity index (χ0) is 20.7. The minimum atomic E-state index is 0.365. The van der Waals surface area contributed by atoms with E-state index in [0.717, 1.165) is 32.2 Å². The minimum absolute atomic E-state index is 0.365. The van der Waals surface area contributed by atoms with Gasteiger partial charge in [0, 0.05) is 54.0 Å². The zero-order valence-electron chi connectivity index (χ0n) is 18.7. The predicted molar refractivity (Wildman–Crippen MR) is 125 cm³/mol. The standard InChI is InChI=1S/C26H35N3O/c1-4-29-25-8-6-5-7-23(25)24-15-21(9-10-26(24)29)18-27-13-11-22(12-14-27)28-16-19(2)30-20(3)17-28/h5-10,15,19-20,22H,4,11-14,16-18H2,1-3H3. The molecule has 4 heteroatoms. The first-order valence-corrected chi connectivity index (χ1v) is 11.7. The smallest absolute Gasteiger partial charge is 0.0678 e. The maximum atomic E-state index is 5.93. The second-order valence-corrected chi connectivity index (χ2v) is 9.33. The van der Waals surface area contributed by atoms with Gasteiger partial charge in [-0.3, -0.25) is 9.80 Å². The summed E-state index contributed by atoms with van der Waals surface area (Å²) in [5.74, 6) is 0. The quantitative estimate of drug-likeness (QED) is 0.617. The van der Waals surface area contributed by atoms with Crippen LogP contribution in [0.25, 0.3) is 21.8 Å². The summed E-state index contributed by atoms with van der Waals surface area (Å²) in [5.41, 5.74) is 4.15. The van der Waals surface area contributed by atoms with E-state index in [9.17, 15) is 0 Å². The number of likely N-dealkylation sites (tertiary alicyclic amines) is 1. The van der Waals surface area contributed by atoms with Gasteiger partial charge in [0.2, 0.25) is 0 Å². The molecule has 4 nitrogen and oxygen atoms in total. The van der Waals surface area contributed by atoms with Crippen LogP contribution < -0.4 is 0 Å². The molecule has 0 bridgehead atoms. The Bertz CT molecular complexity index is 1010.